The van der Waals surface area contributed by atoms with Gasteiger partial charge in [0.05, 0.1) is 6.42 Å². The number of nitrogens with zero attached hydrogens (tertiary/aromatic N) is 1. The van der Waals surface area contributed by atoms with Gasteiger partial charge in [0.15, 0.2) is 0 Å². The number of amides is 2. The van der Waals surface area contributed by atoms with Crippen LogP contribution in [0.25, 0.3) is 0 Å². The van der Waals surface area contributed by atoms with Crippen molar-refractivity contribution < 1.29 is 9.59 Å². The fourth-order valence-electron chi connectivity index (χ4n) is 3.13. The first kappa shape index (κ1) is 23.0. The van der Waals surface area contributed by atoms with Crippen molar-refractivity contribution in [3.63, 3.8) is 0 Å². The van der Waals surface area contributed by atoms with Crippen molar-refractivity contribution in [2.75, 3.05) is 6.54 Å². The molecule has 0 aliphatic heterocycles. The Balaban J connectivity index is 2.27. The van der Waals surface area contributed by atoms with E-state index in [2.05, 4.69) is 5.32 Å². The smallest absolute Gasteiger partial charge is 0.242 e. The lowest BCUT2D eigenvalue weighted by molar-refractivity contribution is -0.141. The molecule has 0 saturated heterocycles. The molecule has 0 unspecified atom stereocenters. The molecule has 0 aromatic heterocycles. The van der Waals surface area contributed by atoms with Gasteiger partial charge in [0, 0.05) is 18.1 Å². The van der Waals surface area contributed by atoms with Crippen LogP contribution in [-0.4, -0.2) is 29.3 Å². The summed E-state index contributed by atoms with van der Waals surface area (Å²) >= 11 is 6.34. The first-order chi connectivity index (χ1) is 13.8. The second-order valence-corrected chi connectivity index (χ2v) is 8.25. The van der Waals surface area contributed by atoms with Crippen molar-refractivity contribution in [2.45, 2.75) is 53.1 Å². The number of hydrogen-bond acceptors (Lipinski definition) is 2. The van der Waals surface area contributed by atoms with Gasteiger partial charge in [-0.3, -0.25) is 9.59 Å². The van der Waals surface area contributed by atoms with Crippen molar-refractivity contribution in [3.8, 4) is 0 Å². The standard InChI is InChI=1S/C24H31ClN2O2/c1-5-22(24(29)26-15-17(2)3)27(16-20-8-6-7-9-21(20)25)23(28)14-19-12-10-18(4)11-13-19/h6-13,17,22H,5,14-16H2,1-4H3,(H,26,29)/t22-/m0/s1. The lowest BCUT2D eigenvalue weighted by Gasteiger charge is -2.31. The second-order valence-electron chi connectivity index (χ2n) is 7.84. The van der Waals surface area contributed by atoms with E-state index in [0.29, 0.717) is 30.5 Å². The number of hydrogen-bond donors (Lipinski definition) is 1. The normalized spacial score (nSPS) is 11.9. The fourth-order valence-corrected chi connectivity index (χ4v) is 3.33. The number of aryl methyl sites for hydroxylation is 1. The minimum absolute atomic E-state index is 0.0830. The Morgan fingerprint density at radius 2 is 1.72 bits per heavy atom. The molecule has 0 radical (unpaired) electrons. The highest BCUT2D eigenvalue weighted by Crippen LogP contribution is 2.20. The molecule has 2 amide bonds. The molecule has 29 heavy (non-hydrogen) atoms. The lowest BCUT2D eigenvalue weighted by Crippen LogP contribution is -2.50. The average molecular weight is 415 g/mol. The summed E-state index contributed by atoms with van der Waals surface area (Å²) in [4.78, 5) is 27.8. The van der Waals surface area contributed by atoms with E-state index in [1.54, 1.807) is 11.0 Å². The zero-order valence-corrected chi connectivity index (χ0v) is 18.5. The van der Waals surface area contributed by atoms with Crippen LogP contribution in [0.5, 0.6) is 0 Å². The highest BCUT2D eigenvalue weighted by Gasteiger charge is 2.29. The maximum Gasteiger partial charge on any atom is 0.242 e. The second kappa shape index (κ2) is 11.0. The van der Waals surface area contributed by atoms with Gasteiger partial charge in [-0.05, 0) is 36.5 Å². The summed E-state index contributed by atoms with van der Waals surface area (Å²) in [6.07, 6.45) is 0.784. The van der Waals surface area contributed by atoms with E-state index >= 15 is 0 Å². The van der Waals surface area contributed by atoms with Gasteiger partial charge in [-0.1, -0.05) is 80.4 Å². The van der Waals surface area contributed by atoms with E-state index in [0.717, 1.165) is 16.7 Å². The van der Waals surface area contributed by atoms with Crippen LogP contribution in [-0.2, 0) is 22.6 Å². The van der Waals surface area contributed by atoms with Gasteiger partial charge in [0.25, 0.3) is 0 Å². The van der Waals surface area contributed by atoms with Gasteiger partial charge in [-0.25, -0.2) is 0 Å². The maximum atomic E-state index is 13.3. The molecule has 0 bridgehead atoms. The third kappa shape index (κ3) is 6.90. The SMILES string of the molecule is CC[C@@H](C(=O)NCC(C)C)N(Cc1ccccc1Cl)C(=O)Cc1ccc(C)cc1. The predicted molar refractivity (Wildman–Crippen MR) is 119 cm³/mol. The predicted octanol–water partition coefficient (Wildman–Crippen LogP) is 4.77. The van der Waals surface area contributed by atoms with Crippen LogP contribution in [0.2, 0.25) is 5.02 Å². The summed E-state index contributed by atoms with van der Waals surface area (Å²) in [5, 5.41) is 3.57. The van der Waals surface area contributed by atoms with Crippen LogP contribution in [0.1, 0.15) is 43.9 Å². The molecule has 2 rings (SSSR count). The van der Waals surface area contributed by atoms with Gasteiger partial charge in [-0.15, -0.1) is 0 Å². The van der Waals surface area contributed by atoms with Crippen LogP contribution in [0, 0.1) is 12.8 Å². The molecule has 1 atom stereocenters. The van der Waals surface area contributed by atoms with Gasteiger partial charge < -0.3 is 10.2 Å². The largest absolute Gasteiger partial charge is 0.354 e. The quantitative estimate of drug-likeness (QED) is 0.642. The van der Waals surface area contributed by atoms with E-state index in [1.807, 2.05) is 70.2 Å². The van der Waals surface area contributed by atoms with Crippen molar-refractivity contribution in [1.29, 1.82) is 0 Å². The summed E-state index contributed by atoms with van der Waals surface area (Å²) in [6, 6.07) is 14.8. The molecule has 4 nitrogen and oxygen atoms in total. The van der Waals surface area contributed by atoms with Gasteiger partial charge in [-0.2, -0.15) is 0 Å². The third-order valence-corrected chi connectivity index (χ3v) is 5.21. The molecule has 0 fully saturated rings. The summed E-state index contributed by atoms with van der Waals surface area (Å²) < 4.78 is 0. The molecule has 0 spiro atoms. The van der Waals surface area contributed by atoms with E-state index in [-0.39, 0.29) is 18.2 Å². The highest BCUT2D eigenvalue weighted by molar-refractivity contribution is 6.31. The average Bonchev–Trinajstić information content (AvgIpc) is 2.69. The number of rotatable bonds is 9. The monoisotopic (exact) mass is 414 g/mol. The molecule has 0 aliphatic carbocycles. The Bertz CT molecular complexity index is 818. The number of carbonyl (C=O) groups excluding carboxylic acids is 2. The summed E-state index contributed by atoms with van der Waals surface area (Å²) in [5.74, 6) is 0.141. The summed E-state index contributed by atoms with van der Waals surface area (Å²) in [5.41, 5.74) is 2.91. The minimum Gasteiger partial charge on any atom is -0.354 e. The van der Waals surface area contributed by atoms with Crippen LogP contribution in [0.3, 0.4) is 0 Å². The van der Waals surface area contributed by atoms with Gasteiger partial charge in [0.1, 0.15) is 6.04 Å². The highest BCUT2D eigenvalue weighted by atomic mass is 35.5. The number of halogens is 1. The Morgan fingerprint density at radius 3 is 2.31 bits per heavy atom. The molecule has 0 heterocycles. The number of carbonyl (C=O) groups is 2. The molecular weight excluding hydrogens is 384 g/mol. The van der Waals surface area contributed by atoms with Crippen molar-refractivity contribution in [2.24, 2.45) is 5.92 Å². The number of benzene rings is 2. The van der Waals surface area contributed by atoms with E-state index in [9.17, 15) is 9.59 Å². The van der Waals surface area contributed by atoms with Crippen LogP contribution in [0.15, 0.2) is 48.5 Å². The topological polar surface area (TPSA) is 49.4 Å². The first-order valence-corrected chi connectivity index (χ1v) is 10.6. The van der Waals surface area contributed by atoms with E-state index in [1.165, 1.54) is 0 Å². The van der Waals surface area contributed by atoms with Gasteiger partial charge >= 0.3 is 0 Å². The maximum absolute atomic E-state index is 13.3. The molecule has 5 heteroatoms. The number of nitrogens with one attached hydrogen (secondary N) is 1. The Morgan fingerprint density at radius 1 is 1.07 bits per heavy atom. The van der Waals surface area contributed by atoms with E-state index < -0.39 is 6.04 Å². The van der Waals surface area contributed by atoms with Crippen LogP contribution in [0.4, 0.5) is 0 Å². The molecule has 0 saturated carbocycles. The lowest BCUT2D eigenvalue weighted by atomic mass is 10.1. The summed E-state index contributed by atoms with van der Waals surface area (Å²) in [6.45, 7) is 8.93. The first-order valence-electron chi connectivity index (χ1n) is 10.2. The van der Waals surface area contributed by atoms with E-state index in [4.69, 9.17) is 11.6 Å². The van der Waals surface area contributed by atoms with Crippen LogP contribution >= 0.6 is 11.6 Å². The van der Waals surface area contributed by atoms with Crippen molar-refractivity contribution >= 4 is 23.4 Å². The molecule has 1 N–H and O–H groups in total. The zero-order chi connectivity index (χ0) is 21.4. The van der Waals surface area contributed by atoms with Crippen molar-refractivity contribution in [1.82, 2.24) is 10.2 Å². The van der Waals surface area contributed by atoms with Crippen LogP contribution < -0.4 is 5.32 Å². The molecule has 2 aromatic carbocycles. The van der Waals surface area contributed by atoms with Gasteiger partial charge in [0.2, 0.25) is 11.8 Å². The molecule has 2 aromatic rings. The Hall–Kier alpha value is -2.33. The molecule has 0 aliphatic rings. The fraction of sp³-hybridized carbons (Fsp3) is 0.417. The molecule has 156 valence electrons. The zero-order valence-electron chi connectivity index (χ0n) is 17.7. The third-order valence-electron chi connectivity index (χ3n) is 4.84. The summed E-state index contributed by atoms with van der Waals surface area (Å²) in [7, 11) is 0. The molecular formula is C24H31ClN2O2. The Labute approximate surface area is 179 Å². The Kier molecular flexibility index (Phi) is 8.71. The van der Waals surface area contributed by atoms with Crippen molar-refractivity contribution in [3.05, 3.63) is 70.2 Å². The minimum atomic E-state index is -0.539.